The molecule has 0 saturated carbocycles. The topological polar surface area (TPSA) is 64.8 Å². The van der Waals surface area contributed by atoms with Crippen molar-refractivity contribution in [3.05, 3.63) is 70.6 Å². The number of fused-ring (bicyclic) bond motifs is 1. The molecule has 160 valence electrons. The number of carbonyl (C=O) groups excluding carboxylic acids is 1. The lowest BCUT2D eigenvalue weighted by Gasteiger charge is -2.19. The van der Waals surface area contributed by atoms with E-state index in [1.54, 1.807) is 36.6 Å². The molecule has 2 aromatic heterocycles. The molecule has 9 heteroatoms. The van der Waals surface area contributed by atoms with Crippen LogP contribution in [0.15, 0.2) is 59.2 Å². The molecular weight excluding hydrogens is 459 g/mol. The second-order valence-corrected chi connectivity index (χ2v) is 8.33. The summed E-state index contributed by atoms with van der Waals surface area (Å²) >= 11 is 13.5. The first-order valence-electron chi connectivity index (χ1n) is 9.47. The molecule has 1 amide bonds. The van der Waals surface area contributed by atoms with Gasteiger partial charge in [0.05, 0.1) is 34.7 Å². The summed E-state index contributed by atoms with van der Waals surface area (Å²) in [6.45, 7) is 2.51. The summed E-state index contributed by atoms with van der Waals surface area (Å²) < 4.78 is 17.6. The Morgan fingerprint density at radius 1 is 1.16 bits per heavy atom. The van der Waals surface area contributed by atoms with E-state index in [1.807, 2.05) is 25.1 Å². The number of nitrogens with zero attached hydrogens (tertiary/aromatic N) is 2. The first-order chi connectivity index (χ1) is 15.0. The van der Waals surface area contributed by atoms with Crippen LogP contribution in [-0.2, 0) is 11.3 Å². The Morgan fingerprint density at radius 2 is 2.03 bits per heavy atom. The van der Waals surface area contributed by atoms with Crippen molar-refractivity contribution < 1.29 is 18.7 Å². The van der Waals surface area contributed by atoms with E-state index in [1.165, 1.54) is 16.2 Å². The molecule has 2 aromatic carbocycles. The number of hydrogen-bond acceptors (Lipinski definition) is 6. The van der Waals surface area contributed by atoms with E-state index in [0.717, 1.165) is 16.0 Å². The van der Waals surface area contributed by atoms with E-state index >= 15 is 0 Å². The predicted molar refractivity (Wildman–Crippen MR) is 123 cm³/mol. The molecular formula is C22H18Cl2N2O4S. The van der Waals surface area contributed by atoms with Crippen LogP contribution in [-0.4, -0.2) is 24.1 Å². The minimum absolute atomic E-state index is 0.220. The number of carbonyl (C=O) groups is 1. The molecule has 0 bridgehead atoms. The summed E-state index contributed by atoms with van der Waals surface area (Å²) in [7, 11) is 0. The molecule has 2 heterocycles. The van der Waals surface area contributed by atoms with Crippen molar-refractivity contribution in [2.45, 2.75) is 13.5 Å². The van der Waals surface area contributed by atoms with Crippen molar-refractivity contribution >= 4 is 55.8 Å². The molecule has 4 rings (SSSR count). The highest BCUT2D eigenvalue weighted by Gasteiger charge is 2.22. The minimum atomic E-state index is -0.286. The van der Waals surface area contributed by atoms with Gasteiger partial charge in [-0.15, -0.1) is 0 Å². The zero-order valence-corrected chi connectivity index (χ0v) is 18.8. The number of aromatic nitrogens is 1. The van der Waals surface area contributed by atoms with E-state index in [9.17, 15) is 4.79 Å². The van der Waals surface area contributed by atoms with E-state index in [2.05, 4.69) is 4.98 Å². The molecule has 6 nitrogen and oxygen atoms in total. The second-order valence-electron chi connectivity index (χ2n) is 6.48. The SMILES string of the molecule is CCOc1ccc2nc(N(Cc3ccco3)C(=O)COc3ccc(Cl)cc3Cl)sc2c1. The number of anilines is 1. The summed E-state index contributed by atoms with van der Waals surface area (Å²) in [4.78, 5) is 19.3. The van der Waals surface area contributed by atoms with Crippen LogP contribution in [0.4, 0.5) is 5.13 Å². The van der Waals surface area contributed by atoms with Crippen LogP contribution >= 0.6 is 34.5 Å². The van der Waals surface area contributed by atoms with Gasteiger partial charge in [-0.3, -0.25) is 9.69 Å². The number of halogens is 2. The van der Waals surface area contributed by atoms with Crippen LogP contribution in [0.5, 0.6) is 11.5 Å². The smallest absolute Gasteiger partial charge is 0.267 e. The molecule has 31 heavy (non-hydrogen) atoms. The number of furan rings is 1. The van der Waals surface area contributed by atoms with Crippen LogP contribution in [0.3, 0.4) is 0 Å². The van der Waals surface area contributed by atoms with Crippen molar-refractivity contribution in [1.82, 2.24) is 4.98 Å². The average molecular weight is 477 g/mol. The average Bonchev–Trinajstić information content (AvgIpc) is 3.40. The van der Waals surface area contributed by atoms with Gasteiger partial charge >= 0.3 is 0 Å². The van der Waals surface area contributed by atoms with Crippen LogP contribution < -0.4 is 14.4 Å². The van der Waals surface area contributed by atoms with Gasteiger partial charge in [0, 0.05) is 5.02 Å². The van der Waals surface area contributed by atoms with Crippen molar-refractivity contribution in [2.75, 3.05) is 18.1 Å². The number of benzene rings is 2. The van der Waals surface area contributed by atoms with E-state index in [-0.39, 0.29) is 19.1 Å². The highest BCUT2D eigenvalue weighted by Crippen LogP contribution is 2.33. The van der Waals surface area contributed by atoms with Crippen LogP contribution in [0.25, 0.3) is 10.2 Å². The van der Waals surface area contributed by atoms with Crippen molar-refractivity contribution in [1.29, 1.82) is 0 Å². The van der Waals surface area contributed by atoms with Gasteiger partial charge in [-0.25, -0.2) is 4.98 Å². The third-order valence-corrected chi connectivity index (χ3v) is 5.90. The standard InChI is InChI=1S/C22H18Cl2N2O4S/c1-2-28-15-6-7-18-20(11-15)31-22(25-18)26(12-16-4-3-9-29-16)21(27)13-30-19-8-5-14(23)10-17(19)24/h3-11H,2,12-13H2,1H3. The maximum atomic E-state index is 13.1. The van der Waals surface area contributed by atoms with Gasteiger partial charge in [-0.05, 0) is 55.5 Å². The molecule has 0 fully saturated rings. The zero-order valence-electron chi connectivity index (χ0n) is 16.5. The molecule has 0 aliphatic heterocycles. The van der Waals surface area contributed by atoms with E-state index in [4.69, 9.17) is 37.1 Å². The van der Waals surface area contributed by atoms with Gasteiger partial charge in [0.2, 0.25) is 0 Å². The van der Waals surface area contributed by atoms with Crippen LogP contribution in [0.1, 0.15) is 12.7 Å². The third kappa shape index (κ3) is 5.12. The Bertz CT molecular complexity index is 1190. The van der Waals surface area contributed by atoms with Crippen molar-refractivity contribution in [3.8, 4) is 11.5 Å². The Kier molecular flexibility index (Phi) is 6.65. The lowest BCUT2D eigenvalue weighted by Crippen LogP contribution is -2.34. The highest BCUT2D eigenvalue weighted by atomic mass is 35.5. The normalized spacial score (nSPS) is 10.9. The number of ether oxygens (including phenoxy) is 2. The Labute approximate surface area is 192 Å². The molecule has 0 saturated heterocycles. The monoisotopic (exact) mass is 476 g/mol. The molecule has 0 atom stereocenters. The fraction of sp³-hybridized carbons (Fsp3) is 0.182. The number of hydrogen-bond donors (Lipinski definition) is 0. The largest absolute Gasteiger partial charge is 0.494 e. The molecule has 0 aliphatic carbocycles. The maximum absolute atomic E-state index is 13.1. The van der Waals surface area contributed by atoms with E-state index in [0.29, 0.717) is 33.3 Å². The Hall–Kier alpha value is -2.74. The third-order valence-electron chi connectivity index (χ3n) is 4.33. The van der Waals surface area contributed by atoms with Crippen LogP contribution in [0, 0.1) is 0 Å². The number of rotatable bonds is 8. The summed E-state index contributed by atoms with van der Waals surface area (Å²) in [6.07, 6.45) is 1.56. The lowest BCUT2D eigenvalue weighted by molar-refractivity contribution is -0.120. The maximum Gasteiger partial charge on any atom is 0.267 e. The van der Waals surface area contributed by atoms with Gasteiger partial charge < -0.3 is 13.9 Å². The first-order valence-corrected chi connectivity index (χ1v) is 11.0. The Balaban J connectivity index is 1.59. The summed E-state index contributed by atoms with van der Waals surface area (Å²) in [5.74, 6) is 1.48. The highest BCUT2D eigenvalue weighted by molar-refractivity contribution is 7.22. The summed E-state index contributed by atoms with van der Waals surface area (Å²) in [5, 5.41) is 1.36. The molecule has 0 spiro atoms. The number of thiazole rings is 1. The Morgan fingerprint density at radius 3 is 2.77 bits per heavy atom. The van der Waals surface area contributed by atoms with Gasteiger partial charge in [0.25, 0.3) is 5.91 Å². The first kappa shape index (κ1) is 21.5. The second kappa shape index (κ2) is 9.60. The van der Waals surface area contributed by atoms with Gasteiger partial charge in [0.15, 0.2) is 11.7 Å². The fourth-order valence-corrected chi connectivity index (χ4v) is 4.37. The van der Waals surface area contributed by atoms with Crippen molar-refractivity contribution in [2.24, 2.45) is 0 Å². The van der Waals surface area contributed by atoms with Gasteiger partial charge in [-0.2, -0.15) is 0 Å². The minimum Gasteiger partial charge on any atom is -0.494 e. The summed E-state index contributed by atoms with van der Waals surface area (Å²) in [5.41, 5.74) is 0.780. The van der Waals surface area contributed by atoms with E-state index < -0.39 is 0 Å². The molecule has 4 aromatic rings. The zero-order chi connectivity index (χ0) is 21.8. The van der Waals surface area contributed by atoms with Gasteiger partial charge in [0.1, 0.15) is 17.3 Å². The number of amides is 1. The van der Waals surface area contributed by atoms with Crippen molar-refractivity contribution in [3.63, 3.8) is 0 Å². The van der Waals surface area contributed by atoms with Gasteiger partial charge in [-0.1, -0.05) is 34.5 Å². The lowest BCUT2D eigenvalue weighted by atomic mass is 10.3. The fourth-order valence-electron chi connectivity index (χ4n) is 2.90. The molecule has 0 radical (unpaired) electrons. The molecule has 0 aliphatic rings. The summed E-state index contributed by atoms with van der Waals surface area (Å²) in [6, 6.07) is 14.1. The quantitative estimate of drug-likeness (QED) is 0.302. The molecule has 0 N–H and O–H groups in total. The van der Waals surface area contributed by atoms with Crippen LogP contribution in [0.2, 0.25) is 10.0 Å². The predicted octanol–water partition coefficient (Wildman–Crippen LogP) is 6.21. The molecule has 0 unspecified atom stereocenters.